The van der Waals surface area contributed by atoms with Gasteiger partial charge in [-0.05, 0) is 0 Å². The van der Waals surface area contributed by atoms with Crippen LogP contribution in [0.1, 0.15) is 0 Å². The SMILES string of the molecule is [Al+3].[La+3].[O-2].[O-2].[O-2]. The molecule has 3 nitrogen and oxygen atoms in total. The molecule has 0 bridgehead atoms. The molecule has 0 N–H and O–H groups in total. The van der Waals surface area contributed by atoms with Crippen LogP contribution in [0.4, 0.5) is 0 Å². The van der Waals surface area contributed by atoms with Crippen LogP contribution in [0.25, 0.3) is 0 Å². The summed E-state index contributed by atoms with van der Waals surface area (Å²) in [5, 5.41) is 0. The van der Waals surface area contributed by atoms with Crippen LogP contribution < -0.4 is 0 Å². The Labute approximate surface area is 68.8 Å². The molecule has 0 aromatic heterocycles. The quantitative estimate of drug-likeness (QED) is 0.475. The van der Waals surface area contributed by atoms with Gasteiger partial charge in [0.05, 0.1) is 0 Å². The van der Waals surface area contributed by atoms with Crippen LogP contribution in [0.3, 0.4) is 0 Å². The average Bonchev–Trinajstić information content (AvgIpc) is 0. The molecular formula is AlLaO3. The Kier molecular flexibility index (Phi) is 741. The van der Waals surface area contributed by atoms with Gasteiger partial charge in [-0.15, -0.1) is 0 Å². The molecule has 5 heavy (non-hydrogen) atoms. The Morgan fingerprint density at radius 2 is 0.600 bits per heavy atom. The Bertz CT molecular complexity index is 6.85. The van der Waals surface area contributed by atoms with E-state index >= 15 is 0 Å². The van der Waals surface area contributed by atoms with Crippen molar-refractivity contribution in [3.63, 3.8) is 0 Å². The first-order valence-corrected chi connectivity index (χ1v) is 0. The Morgan fingerprint density at radius 1 is 0.600 bits per heavy atom. The molecule has 0 radical (unpaired) electrons. The molecule has 0 aromatic carbocycles. The molecule has 0 unspecified atom stereocenters. The Hall–Kier alpha value is 1.61. The summed E-state index contributed by atoms with van der Waals surface area (Å²) in [5.41, 5.74) is 0. The summed E-state index contributed by atoms with van der Waals surface area (Å²) in [7, 11) is 0. The summed E-state index contributed by atoms with van der Waals surface area (Å²) in [6.07, 6.45) is 0. The standard InChI is InChI=1S/Al.La.3O/q2*+3;3*-2. The maximum Gasteiger partial charge on any atom is 3.00 e. The van der Waals surface area contributed by atoms with E-state index in [1.165, 1.54) is 0 Å². The minimum atomic E-state index is 0. The second kappa shape index (κ2) is 46.1. The topological polar surface area (TPSA) is 85.5 Å². The molecule has 0 aliphatic heterocycles. The molecule has 24 valence electrons. The van der Waals surface area contributed by atoms with Gasteiger partial charge in [0.1, 0.15) is 0 Å². The summed E-state index contributed by atoms with van der Waals surface area (Å²) in [5.74, 6) is 0. The summed E-state index contributed by atoms with van der Waals surface area (Å²) in [4.78, 5) is 0. The first-order valence-electron chi connectivity index (χ1n) is 0. The summed E-state index contributed by atoms with van der Waals surface area (Å²) in [6.45, 7) is 0. The molecule has 0 atom stereocenters. The molecule has 0 aliphatic rings. The predicted octanol–water partition coefficient (Wildman–Crippen LogP) is -0.737. The average molecular weight is 214 g/mol. The maximum absolute atomic E-state index is 0. The summed E-state index contributed by atoms with van der Waals surface area (Å²) < 4.78 is 0. The largest absolute Gasteiger partial charge is 3.00 e. The van der Waals surface area contributed by atoms with Crippen molar-refractivity contribution in [2.75, 3.05) is 0 Å². The minimum absolute atomic E-state index is 0. The fourth-order valence-corrected chi connectivity index (χ4v) is 0. The van der Waals surface area contributed by atoms with Crippen molar-refractivity contribution >= 4 is 17.4 Å². The zero-order valence-corrected chi connectivity index (χ0v) is 7.16. The normalized spacial score (nSPS) is 0. The van der Waals surface area contributed by atoms with Crippen molar-refractivity contribution in [2.45, 2.75) is 0 Å². The third kappa shape index (κ3) is 28.2. The number of hydrogen-bond donors (Lipinski definition) is 0. The molecule has 0 amide bonds. The van der Waals surface area contributed by atoms with E-state index in [4.69, 9.17) is 0 Å². The molecule has 0 saturated carbocycles. The monoisotopic (exact) mass is 214 g/mol. The summed E-state index contributed by atoms with van der Waals surface area (Å²) >= 11 is 0. The Balaban J connectivity index is 0. The molecule has 0 aliphatic carbocycles. The molecule has 0 saturated heterocycles. The fraction of sp³-hybridized carbons (Fsp3) is 0. The fourth-order valence-electron chi connectivity index (χ4n) is 0. The molecule has 0 fully saturated rings. The van der Waals surface area contributed by atoms with Crippen molar-refractivity contribution in [2.24, 2.45) is 0 Å². The van der Waals surface area contributed by atoms with E-state index in [0.717, 1.165) is 0 Å². The van der Waals surface area contributed by atoms with E-state index in [1.807, 2.05) is 0 Å². The first-order chi connectivity index (χ1) is 0. The third-order valence-electron chi connectivity index (χ3n) is 0. The molecular weight excluding hydrogens is 214 g/mol. The van der Waals surface area contributed by atoms with E-state index in [2.05, 4.69) is 0 Å². The van der Waals surface area contributed by atoms with Crippen LogP contribution in [-0.4, -0.2) is 17.4 Å². The Morgan fingerprint density at radius 3 is 0.600 bits per heavy atom. The molecule has 0 heterocycles. The molecule has 0 aromatic rings. The van der Waals surface area contributed by atoms with Gasteiger partial charge in [-0.2, -0.15) is 0 Å². The van der Waals surface area contributed by atoms with Crippen LogP contribution in [-0.2, 0) is 16.4 Å². The third-order valence-corrected chi connectivity index (χ3v) is 0. The van der Waals surface area contributed by atoms with Crippen molar-refractivity contribution in [3.05, 3.63) is 0 Å². The van der Waals surface area contributed by atoms with Gasteiger partial charge in [0.15, 0.2) is 0 Å². The van der Waals surface area contributed by atoms with Crippen LogP contribution in [0.15, 0.2) is 0 Å². The summed E-state index contributed by atoms with van der Waals surface area (Å²) in [6, 6.07) is 0. The van der Waals surface area contributed by atoms with Crippen molar-refractivity contribution in [3.8, 4) is 0 Å². The molecule has 0 spiro atoms. The van der Waals surface area contributed by atoms with Crippen LogP contribution in [0.5, 0.6) is 0 Å². The second-order valence-corrected chi connectivity index (χ2v) is 0. The van der Waals surface area contributed by atoms with Gasteiger partial charge in [0, 0.05) is 0 Å². The zero-order valence-electron chi connectivity index (χ0n) is 2.38. The predicted molar refractivity (Wildman–Crippen MR) is 7.81 cm³/mol. The van der Waals surface area contributed by atoms with Gasteiger partial charge < -0.3 is 16.4 Å². The zero-order chi connectivity index (χ0) is 0. The van der Waals surface area contributed by atoms with Gasteiger partial charge >= 0.3 is 53.0 Å². The minimum Gasteiger partial charge on any atom is -2.00 e. The van der Waals surface area contributed by atoms with Gasteiger partial charge in [-0.1, -0.05) is 0 Å². The van der Waals surface area contributed by atoms with Crippen molar-refractivity contribution in [1.29, 1.82) is 0 Å². The van der Waals surface area contributed by atoms with Crippen LogP contribution in [0, 0.1) is 35.6 Å². The second-order valence-electron chi connectivity index (χ2n) is 0. The van der Waals surface area contributed by atoms with E-state index in [1.54, 1.807) is 0 Å². The molecule has 0 rings (SSSR count). The smallest absolute Gasteiger partial charge is 2.00 e. The number of rotatable bonds is 0. The van der Waals surface area contributed by atoms with E-state index in [-0.39, 0.29) is 69.4 Å². The first kappa shape index (κ1) is 80.4. The van der Waals surface area contributed by atoms with Crippen molar-refractivity contribution in [1.82, 2.24) is 0 Å². The van der Waals surface area contributed by atoms with Gasteiger partial charge in [-0.3, -0.25) is 0 Å². The van der Waals surface area contributed by atoms with E-state index in [9.17, 15) is 0 Å². The van der Waals surface area contributed by atoms with Crippen LogP contribution >= 0.6 is 0 Å². The van der Waals surface area contributed by atoms with Gasteiger partial charge in [0.25, 0.3) is 0 Å². The maximum atomic E-state index is 0. The van der Waals surface area contributed by atoms with Crippen molar-refractivity contribution < 1.29 is 52.0 Å². The van der Waals surface area contributed by atoms with Crippen LogP contribution in [0.2, 0.25) is 0 Å². The van der Waals surface area contributed by atoms with Gasteiger partial charge in [-0.25, -0.2) is 0 Å². The number of hydrogen-bond acceptors (Lipinski definition) is 0. The van der Waals surface area contributed by atoms with E-state index in [0.29, 0.717) is 0 Å². The molecule has 5 heteroatoms. The van der Waals surface area contributed by atoms with E-state index < -0.39 is 0 Å². The van der Waals surface area contributed by atoms with Gasteiger partial charge in [0.2, 0.25) is 0 Å².